The van der Waals surface area contributed by atoms with E-state index in [1.54, 1.807) is 4.90 Å². The first-order valence-corrected chi connectivity index (χ1v) is 12.4. The highest BCUT2D eigenvalue weighted by atomic mass is 32.2. The lowest BCUT2D eigenvalue weighted by Gasteiger charge is -2.33. The van der Waals surface area contributed by atoms with E-state index in [1.807, 2.05) is 6.07 Å². The summed E-state index contributed by atoms with van der Waals surface area (Å²) in [6, 6.07) is 1.67. The Balaban J connectivity index is 1.41. The number of nitrogens with zero attached hydrogens (tertiary/aromatic N) is 1. The van der Waals surface area contributed by atoms with E-state index in [-0.39, 0.29) is 36.1 Å². The number of carbonyl (C=O) groups excluding carboxylic acids is 2. The van der Waals surface area contributed by atoms with Crippen LogP contribution in [0.5, 0.6) is 0 Å². The molecule has 0 unspecified atom stereocenters. The average Bonchev–Trinajstić information content (AvgIpc) is 3.36. The number of amides is 1. The number of hydrogen-bond donors (Lipinski definition) is 0. The molecule has 0 N–H and O–H groups in total. The molecule has 8 heteroatoms. The lowest BCUT2D eigenvalue weighted by Crippen LogP contribution is -2.48. The predicted octanol–water partition coefficient (Wildman–Crippen LogP) is 2.35. The van der Waals surface area contributed by atoms with Crippen LogP contribution in [0.25, 0.3) is 0 Å². The molecule has 1 saturated heterocycles. The van der Waals surface area contributed by atoms with E-state index < -0.39 is 15.8 Å². The zero-order valence-corrected chi connectivity index (χ0v) is 16.9. The highest BCUT2D eigenvalue weighted by Crippen LogP contribution is 2.31. The first-order valence-electron chi connectivity index (χ1n) is 9.73. The Kier molecular flexibility index (Phi) is 5.29. The van der Waals surface area contributed by atoms with Crippen molar-refractivity contribution in [3.63, 3.8) is 0 Å². The molecule has 0 aromatic carbocycles. The van der Waals surface area contributed by atoms with E-state index in [9.17, 15) is 18.0 Å². The summed E-state index contributed by atoms with van der Waals surface area (Å²) in [4.78, 5) is 28.7. The minimum Gasteiger partial charge on any atom is -0.451 e. The van der Waals surface area contributed by atoms with Gasteiger partial charge in [-0.25, -0.2) is 13.2 Å². The molecule has 1 aliphatic heterocycles. The van der Waals surface area contributed by atoms with Gasteiger partial charge in [0.25, 0.3) is 5.91 Å². The van der Waals surface area contributed by atoms with Crippen molar-refractivity contribution in [1.29, 1.82) is 0 Å². The molecule has 1 aromatic rings. The first-order chi connectivity index (χ1) is 12.9. The monoisotopic (exact) mass is 411 g/mol. The molecule has 6 nitrogen and oxygen atoms in total. The Morgan fingerprint density at radius 3 is 2.56 bits per heavy atom. The van der Waals surface area contributed by atoms with Crippen molar-refractivity contribution < 1.29 is 22.7 Å². The number of fused-ring (bicyclic) bond motifs is 1. The number of aryl methyl sites for hydroxylation is 2. The molecule has 2 aliphatic carbocycles. The standard InChI is InChI=1S/C19H25NO5S2/c21-18(11-25-19(22)17-10-13-4-3-7-16(13)26-17)20(14-5-1-2-6-14)15-8-9-27(23,24)12-15/h10,14-15H,1-9,11-12H2/t15-/m0/s1. The van der Waals surface area contributed by atoms with E-state index in [1.165, 1.54) is 21.8 Å². The summed E-state index contributed by atoms with van der Waals surface area (Å²) in [5, 5.41) is 0. The van der Waals surface area contributed by atoms with Crippen LogP contribution in [0.15, 0.2) is 6.07 Å². The fraction of sp³-hybridized carbons (Fsp3) is 0.684. The second-order valence-corrected chi connectivity index (χ2v) is 11.2. The van der Waals surface area contributed by atoms with Crippen molar-refractivity contribution >= 4 is 33.1 Å². The Hall–Kier alpha value is -1.41. The third-order valence-corrected chi connectivity index (χ3v) is 8.85. The quantitative estimate of drug-likeness (QED) is 0.695. The van der Waals surface area contributed by atoms with Gasteiger partial charge in [0.2, 0.25) is 0 Å². The molecular weight excluding hydrogens is 386 g/mol. The van der Waals surface area contributed by atoms with Gasteiger partial charge < -0.3 is 9.64 Å². The normalized spacial score (nSPS) is 24.1. The maximum Gasteiger partial charge on any atom is 0.348 e. The van der Waals surface area contributed by atoms with Crippen LogP contribution in [-0.2, 0) is 32.2 Å². The van der Waals surface area contributed by atoms with Gasteiger partial charge in [0.1, 0.15) is 4.88 Å². The van der Waals surface area contributed by atoms with Crippen molar-refractivity contribution in [2.45, 2.75) is 63.5 Å². The van der Waals surface area contributed by atoms with Crippen LogP contribution in [-0.4, -0.2) is 55.4 Å². The van der Waals surface area contributed by atoms with Gasteiger partial charge in [0, 0.05) is 17.0 Å². The molecule has 2 fully saturated rings. The van der Waals surface area contributed by atoms with Crippen molar-refractivity contribution in [2.24, 2.45) is 0 Å². The zero-order chi connectivity index (χ0) is 19.0. The van der Waals surface area contributed by atoms with Crippen LogP contribution in [0.4, 0.5) is 0 Å². The van der Waals surface area contributed by atoms with E-state index in [0.29, 0.717) is 11.3 Å². The first kappa shape index (κ1) is 18.9. The summed E-state index contributed by atoms with van der Waals surface area (Å²) in [6.45, 7) is -0.311. The Morgan fingerprint density at radius 1 is 1.11 bits per heavy atom. The van der Waals surface area contributed by atoms with E-state index in [0.717, 1.165) is 44.9 Å². The van der Waals surface area contributed by atoms with Crippen molar-refractivity contribution in [3.8, 4) is 0 Å². The fourth-order valence-corrected chi connectivity index (χ4v) is 7.44. The minimum absolute atomic E-state index is 0.0286. The molecule has 2 heterocycles. The van der Waals surface area contributed by atoms with Crippen molar-refractivity contribution in [1.82, 2.24) is 4.90 Å². The van der Waals surface area contributed by atoms with Gasteiger partial charge >= 0.3 is 5.97 Å². The van der Waals surface area contributed by atoms with Crippen LogP contribution < -0.4 is 0 Å². The molecule has 148 valence electrons. The van der Waals surface area contributed by atoms with Gasteiger partial charge in [0.05, 0.1) is 11.5 Å². The van der Waals surface area contributed by atoms with Crippen molar-refractivity contribution in [3.05, 3.63) is 21.4 Å². The summed E-state index contributed by atoms with van der Waals surface area (Å²) in [6.07, 6.45) is 7.53. The van der Waals surface area contributed by atoms with Crippen LogP contribution in [0.3, 0.4) is 0 Å². The van der Waals surface area contributed by atoms with Crippen LogP contribution in [0.2, 0.25) is 0 Å². The second kappa shape index (κ2) is 7.54. The molecule has 0 bridgehead atoms. The minimum atomic E-state index is -3.08. The van der Waals surface area contributed by atoms with E-state index in [4.69, 9.17) is 4.74 Å². The molecule has 4 rings (SSSR count). The number of hydrogen-bond acceptors (Lipinski definition) is 6. The molecule has 3 aliphatic rings. The van der Waals surface area contributed by atoms with Gasteiger partial charge in [-0.2, -0.15) is 0 Å². The highest BCUT2D eigenvalue weighted by molar-refractivity contribution is 7.91. The molecule has 0 spiro atoms. The number of ether oxygens (including phenoxy) is 1. The summed E-state index contributed by atoms with van der Waals surface area (Å²) >= 11 is 1.46. The highest BCUT2D eigenvalue weighted by Gasteiger charge is 2.39. The maximum atomic E-state index is 12.9. The third kappa shape index (κ3) is 4.06. The van der Waals surface area contributed by atoms with Gasteiger partial charge in [-0.1, -0.05) is 12.8 Å². The summed E-state index contributed by atoms with van der Waals surface area (Å²) in [7, 11) is -3.08. The smallest absolute Gasteiger partial charge is 0.348 e. The number of thiophene rings is 1. The number of carbonyl (C=O) groups is 2. The lowest BCUT2D eigenvalue weighted by atomic mass is 10.1. The summed E-state index contributed by atoms with van der Waals surface area (Å²) in [5.41, 5.74) is 1.22. The Morgan fingerprint density at radius 2 is 1.89 bits per heavy atom. The van der Waals surface area contributed by atoms with Gasteiger partial charge in [-0.05, 0) is 50.2 Å². The molecule has 1 saturated carbocycles. The average molecular weight is 412 g/mol. The maximum absolute atomic E-state index is 12.9. The number of sulfone groups is 1. The molecule has 1 amide bonds. The Bertz CT molecular complexity index is 817. The second-order valence-electron chi connectivity index (χ2n) is 7.78. The topological polar surface area (TPSA) is 80.8 Å². The van der Waals surface area contributed by atoms with Crippen LogP contribution in [0.1, 0.15) is 58.6 Å². The van der Waals surface area contributed by atoms with Gasteiger partial charge in [-0.15, -0.1) is 11.3 Å². The van der Waals surface area contributed by atoms with Gasteiger partial charge in [0.15, 0.2) is 16.4 Å². The fourth-order valence-electron chi connectivity index (χ4n) is 4.59. The molecule has 1 aromatic heterocycles. The molecule has 0 radical (unpaired) electrons. The van der Waals surface area contributed by atoms with E-state index in [2.05, 4.69) is 0 Å². The van der Waals surface area contributed by atoms with E-state index >= 15 is 0 Å². The third-order valence-electron chi connectivity index (χ3n) is 5.88. The van der Waals surface area contributed by atoms with Crippen molar-refractivity contribution in [2.75, 3.05) is 18.1 Å². The Labute approximate surface area is 163 Å². The van der Waals surface area contributed by atoms with Crippen LogP contribution in [0, 0.1) is 0 Å². The largest absolute Gasteiger partial charge is 0.451 e. The number of rotatable bonds is 5. The molecular formula is C19H25NO5S2. The van der Waals surface area contributed by atoms with Crippen LogP contribution >= 0.6 is 11.3 Å². The molecule has 27 heavy (non-hydrogen) atoms. The molecule has 1 atom stereocenters. The lowest BCUT2D eigenvalue weighted by molar-refractivity contribution is -0.139. The summed E-state index contributed by atoms with van der Waals surface area (Å²) in [5.74, 6) is -0.551. The van der Waals surface area contributed by atoms with Gasteiger partial charge in [-0.3, -0.25) is 4.79 Å². The number of esters is 1. The predicted molar refractivity (Wildman–Crippen MR) is 103 cm³/mol. The zero-order valence-electron chi connectivity index (χ0n) is 15.3. The summed E-state index contributed by atoms with van der Waals surface area (Å²) < 4.78 is 29.1. The SMILES string of the molecule is O=C(OCC(=O)N(C1CCCC1)[C@H]1CCS(=O)(=O)C1)c1cc2c(s1)CCC2.